The number of rotatable bonds is 11. The van der Waals surface area contributed by atoms with Crippen molar-refractivity contribution in [3.05, 3.63) is 94.5 Å². The van der Waals surface area contributed by atoms with Crippen LogP contribution in [0.4, 0.5) is 5.69 Å². The molecule has 0 unspecified atom stereocenters. The number of nitrogens with one attached hydrogen (secondary N) is 1. The first-order valence-electron chi connectivity index (χ1n) is 12.2. The summed E-state index contributed by atoms with van der Waals surface area (Å²) < 4.78 is 28.4. The average Bonchev–Trinajstić information content (AvgIpc) is 2.91. The van der Waals surface area contributed by atoms with Crippen LogP contribution in [-0.2, 0) is 26.2 Å². The Morgan fingerprint density at radius 3 is 2.21 bits per heavy atom. The molecule has 0 aliphatic carbocycles. The SMILES string of the molecule is CC[C@@H](C)NC(=O)[C@H](C)N(Cc1ccccc1Cl)C(=O)CN(c1cccc(Cl)c1)S(=O)(=O)c1ccccc1. The predicted molar refractivity (Wildman–Crippen MR) is 152 cm³/mol. The number of anilines is 1. The van der Waals surface area contributed by atoms with Gasteiger partial charge < -0.3 is 10.2 Å². The number of amides is 2. The second-order valence-corrected chi connectivity index (χ2v) is 11.6. The van der Waals surface area contributed by atoms with Crippen LogP contribution < -0.4 is 9.62 Å². The maximum Gasteiger partial charge on any atom is 0.264 e. The van der Waals surface area contributed by atoms with Crippen molar-refractivity contribution < 1.29 is 18.0 Å². The van der Waals surface area contributed by atoms with Crippen molar-refractivity contribution in [3.8, 4) is 0 Å². The zero-order valence-electron chi connectivity index (χ0n) is 21.5. The summed E-state index contributed by atoms with van der Waals surface area (Å²) in [7, 11) is -4.15. The molecule has 0 heterocycles. The summed E-state index contributed by atoms with van der Waals surface area (Å²) in [5.74, 6) is -0.920. The fourth-order valence-corrected chi connectivity index (χ4v) is 5.55. The van der Waals surface area contributed by atoms with E-state index >= 15 is 0 Å². The van der Waals surface area contributed by atoms with Crippen LogP contribution in [0.15, 0.2) is 83.8 Å². The number of benzene rings is 3. The number of sulfonamides is 1. The molecule has 0 radical (unpaired) electrons. The summed E-state index contributed by atoms with van der Waals surface area (Å²) in [4.78, 5) is 28.3. The Bertz CT molecular complexity index is 1370. The molecule has 0 aliphatic rings. The van der Waals surface area contributed by atoms with Gasteiger partial charge in [0.25, 0.3) is 10.0 Å². The molecule has 202 valence electrons. The molecular weight excluding hydrogens is 545 g/mol. The molecule has 0 aromatic heterocycles. The first-order chi connectivity index (χ1) is 18.0. The van der Waals surface area contributed by atoms with Gasteiger partial charge in [0.05, 0.1) is 10.6 Å². The Labute approximate surface area is 234 Å². The lowest BCUT2D eigenvalue weighted by atomic mass is 10.1. The molecule has 10 heteroatoms. The van der Waals surface area contributed by atoms with Crippen LogP contribution >= 0.6 is 23.2 Å². The Hall–Kier alpha value is -3.07. The minimum Gasteiger partial charge on any atom is -0.352 e. The highest BCUT2D eigenvalue weighted by Gasteiger charge is 2.33. The maximum atomic E-state index is 13.9. The lowest BCUT2D eigenvalue weighted by molar-refractivity contribution is -0.139. The third-order valence-electron chi connectivity index (χ3n) is 6.17. The van der Waals surface area contributed by atoms with Crippen molar-refractivity contribution in [2.75, 3.05) is 10.8 Å². The summed E-state index contributed by atoms with van der Waals surface area (Å²) in [5, 5.41) is 3.65. The van der Waals surface area contributed by atoms with Crippen molar-refractivity contribution in [2.45, 2.75) is 50.7 Å². The lowest BCUT2D eigenvalue weighted by Gasteiger charge is -2.32. The van der Waals surface area contributed by atoms with E-state index in [-0.39, 0.29) is 29.1 Å². The zero-order valence-corrected chi connectivity index (χ0v) is 23.8. The van der Waals surface area contributed by atoms with E-state index in [9.17, 15) is 18.0 Å². The average molecular weight is 577 g/mol. The molecule has 0 aliphatic heterocycles. The summed E-state index contributed by atoms with van der Waals surface area (Å²) in [6, 6.07) is 20.1. The van der Waals surface area contributed by atoms with Crippen molar-refractivity contribution in [1.82, 2.24) is 10.2 Å². The van der Waals surface area contributed by atoms with Crippen LogP contribution in [0, 0.1) is 0 Å². The van der Waals surface area contributed by atoms with E-state index in [1.165, 1.54) is 23.1 Å². The van der Waals surface area contributed by atoms with E-state index in [1.807, 2.05) is 13.8 Å². The quantitative estimate of drug-likeness (QED) is 0.326. The third-order valence-corrected chi connectivity index (χ3v) is 8.57. The van der Waals surface area contributed by atoms with Gasteiger partial charge in [-0.15, -0.1) is 0 Å². The standard InChI is InChI=1S/C28H31Cl2N3O4S/c1-4-20(2)31-28(35)21(3)32(18-22-11-8-9-16-26(22)30)27(34)19-33(24-13-10-12-23(29)17-24)38(36,37)25-14-6-5-7-15-25/h5-17,20-21H,4,18-19H2,1-3H3,(H,31,35)/t20-,21+/m1/s1. The van der Waals surface area contributed by atoms with E-state index in [0.717, 1.165) is 10.7 Å². The number of carbonyl (C=O) groups excluding carboxylic acids is 2. The number of hydrogen-bond acceptors (Lipinski definition) is 4. The van der Waals surface area contributed by atoms with Crippen LogP contribution in [0.1, 0.15) is 32.8 Å². The molecular formula is C28H31Cl2N3O4S. The number of carbonyl (C=O) groups is 2. The van der Waals surface area contributed by atoms with E-state index in [1.54, 1.807) is 67.6 Å². The van der Waals surface area contributed by atoms with Gasteiger partial charge in [0.2, 0.25) is 11.8 Å². The molecule has 1 N–H and O–H groups in total. The third kappa shape index (κ3) is 7.28. The molecule has 3 aromatic carbocycles. The van der Waals surface area contributed by atoms with Gasteiger partial charge >= 0.3 is 0 Å². The monoisotopic (exact) mass is 575 g/mol. The molecule has 3 rings (SSSR count). The van der Waals surface area contributed by atoms with Gasteiger partial charge in [-0.1, -0.05) is 72.6 Å². The molecule has 0 saturated carbocycles. The van der Waals surface area contributed by atoms with Crippen molar-refractivity contribution in [2.24, 2.45) is 0 Å². The molecule has 3 aromatic rings. The van der Waals surface area contributed by atoms with Crippen LogP contribution in [0.2, 0.25) is 10.0 Å². The molecule has 0 fully saturated rings. The van der Waals surface area contributed by atoms with Crippen LogP contribution in [0.3, 0.4) is 0 Å². The Balaban J connectivity index is 2.03. The van der Waals surface area contributed by atoms with Crippen LogP contribution in [0.5, 0.6) is 0 Å². The molecule has 7 nitrogen and oxygen atoms in total. The second-order valence-electron chi connectivity index (χ2n) is 8.91. The van der Waals surface area contributed by atoms with E-state index in [4.69, 9.17) is 23.2 Å². The predicted octanol–water partition coefficient (Wildman–Crippen LogP) is 5.52. The van der Waals surface area contributed by atoms with E-state index in [2.05, 4.69) is 5.32 Å². The minimum absolute atomic E-state index is 0.0162. The number of hydrogen-bond donors (Lipinski definition) is 1. The number of halogens is 2. The largest absolute Gasteiger partial charge is 0.352 e. The van der Waals surface area contributed by atoms with Crippen LogP contribution in [0.25, 0.3) is 0 Å². The van der Waals surface area contributed by atoms with Gasteiger partial charge in [0.1, 0.15) is 12.6 Å². The van der Waals surface area contributed by atoms with Gasteiger partial charge in [-0.25, -0.2) is 8.42 Å². The molecule has 38 heavy (non-hydrogen) atoms. The van der Waals surface area contributed by atoms with E-state index in [0.29, 0.717) is 15.6 Å². The second kappa shape index (κ2) is 13.1. The zero-order chi connectivity index (χ0) is 27.9. The first kappa shape index (κ1) is 29.5. The van der Waals surface area contributed by atoms with Gasteiger partial charge in [-0.2, -0.15) is 0 Å². The van der Waals surface area contributed by atoms with Gasteiger partial charge in [0, 0.05) is 22.6 Å². The van der Waals surface area contributed by atoms with Crippen molar-refractivity contribution >= 4 is 50.7 Å². The van der Waals surface area contributed by atoms with Gasteiger partial charge in [-0.05, 0) is 62.2 Å². The molecule has 2 amide bonds. The Morgan fingerprint density at radius 2 is 1.58 bits per heavy atom. The van der Waals surface area contributed by atoms with Crippen molar-refractivity contribution in [1.29, 1.82) is 0 Å². The molecule has 0 spiro atoms. The van der Waals surface area contributed by atoms with E-state index < -0.39 is 28.5 Å². The normalized spacial score (nSPS) is 12.9. The highest BCUT2D eigenvalue weighted by atomic mass is 35.5. The maximum absolute atomic E-state index is 13.9. The lowest BCUT2D eigenvalue weighted by Crippen LogP contribution is -2.52. The summed E-state index contributed by atoms with van der Waals surface area (Å²) >= 11 is 12.6. The molecule has 2 atom stereocenters. The minimum atomic E-state index is -4.15. The molecule has 0 saturated heterocycles. The summed E-state index contributed by atoms with van der Waals surface area (Å²) in [5.41, 5.74) is 0.857. The number of nitrogens with zero attached hydrogens (tertiary/aromatic N) is 2. The Morgan fingerprint density at radius 1 is 0.921 bits per heavy atom. The first-order valence-corrected chi connectivity index (χ1v) is 14.4. The van der Waals surface area contributed by atoms with Gasteiger partial charge in [-0.3, -0.25) is 13.9 Å². The fraction of sp³-hybridized carbons (Fsp3) is 0.286. The summed E-state index contributed by atoms with van der Waals surface area (Å²) in [6.07, 6.45) is 0.717. The van der Waals surface area contributed by atoms with Gasteiger partial charge in [0.15, 0.2) is 0 Å². The summed E-state index contributed by atoms with van der Waals surface area (Å²) in [6.45, 7) is 4.89. The highest BCUT2D eigenvalue weighted by Crippen LogP contribution is 2.27. The molecule has 0 bridgehead atoms. The Kier molecular flexibility index (Phi) is 10.2. The topological polar surface area (TPSA) is 86.8 Å². The fourth-order valence-electron chi connectivity index (χ4n) is 3.74. The van der Waals surface area contributed by atoms with Crippen molar-refractivity contribution in [3.63, 3.8) is 0 Å². The highest BCUT2D eigenvalue weighted by molar-refractivity contribution is 7.92. The smallest absolute Gasteiger partial charge is 0.264 e. The van der Waals surface area contributed by atoms with Crippen LogP contribution in [-0.4, -0.2) is 43.8 Å².